The Hall–Kier alpha value is -3.08. The number of nitro groups is 1. The third-order valence-electron chi connectivity index (χ3n) is 5.47. The number of amides is 1. The first-order valence-corrected chi connectivity index (χ1v) is 11.7. The number of rotatable bonds is 5. The molecule has 0 atom stereocenters. The minimum absolute atomic E-state index is 0.0833. The number of piperidine rings is 1. The maximum Gasteiger partial charge on any atom is 0.270 e. The van der Waals surface area contributed by atoms with Crippen LogP contribution in [0.5, 0.6) is 0 Å². The van der Waals surface area contributed by atoms with Crippen LogP contribution in [0.15, 0.2) is 59.6 Å². The Bertz CT molecular complexity index is 1300. The van der Waals surface area contributed by atoms with Gasteiger partial charge < -0.3 is 5.32 Å². The number of nitrogens with one attached hydrogen (secondary N) is 1. The van der Waals surface area contributed by atoms with Crippen molar-refractivity contribution in [2.24, 2.45) is 5.92 Å². The molecule has 0 bridgehead atoms. The zero-order valence-corrected chi connectivity index (χ0v) is 18.3. The van der Waals surface area contributed by atoms with Crippen molar-refractivity contribution < 1.29 is 18.1 Å². The van der Waals surface area contributed by atoms with Gasteiger partial charge >= 0.3 is 0 Å². The minimum Gasteiger partial charge on any atom is -0.325 e. The molecule has 1 fully saturated rings. The molecule has 0 unspecified atom stereocenters. The van der Waals surface area contributed by atoms with Gasteiger partial charge in [-0.25, -0.2) is 8.42 Å². The average molecular weight is 475 g/mol. The van der Waals surface area contributed by atoms with Crippen LogP contribution < -0.4 is 5.32 Å². The first-order chi connectivity index (χ1) is 15.3. The number of non-ortho nitro benzene ring substituents is 1. The molecule has 0 spiro atoms. The highest BCUT2D eigenvalue weighted by molar-refractivity contribution is 7.89. The molecule has 1 aromatic heterocycles. The van der Waals surface area contributed by atoms with E-state index in [1.807, 2.05) is 18.2 Å². The molecule has 3 aromatic rings. The molecule has 32 heavy (non-hydrogen) atoms. The van der Waals surface area contributed by atoms with E-state index in [1.54, 1.807) is 18.3 Å². The van der Waals surface area contributed by atoms with Crippen molar-refractivity contribution in [3.63, 3.8) is 0 Å². The molecule has 0 aliphatic carbocycles. The van der Waals surface area contributed by atoms with E-state index in [0.29, 0.717) is 18.5 Å². The maximum absolute atomic E-state index is 13.0. The lowest BCUT2D eigenvalue weighted by Gasteiger charge is -2.30. The Kier molecular flexibility index (Phi) is 6.09. The number of nitro benzene ring substituents is 1. The van der Waals surface area contributed by atoms with Crippen LogP contribution in [0.1, 0.15) is 12.8 Å². The summed E-state index contributed by atoms with van der Waals surface area (Å²) in [5, 5.41) is 14.7. The first kappa shape index (κ1) is 22.1. The molecule has 2 aromatic carbocycles. The Morgan fingerprint density at radius 3 is 2.62 bits per heavy atom. The number of halogens is 1. The van der Waals surface area contributed by atoms with Crippen LogP contribution in [0.2, 0.25) is 5.02 Å². The standard InChI is InChI=1S/C21H19ClN4O5S/c22-17-7-6-15(26(28)29)13-20(17)32(30,31)25-11-8-14(9-12-25)21(27)24-19-5-1-4-18-16(19)3-2-10-23-18/h1-7,10,13-14H,8-9,11-12H2,(H,24,27). The number of carbonyl (C=O) groups excluding carboxylic acids is 1. The lowest BCUT2D eigenvalue weighted by molar-refractivity contribution is -0.385. The molecule has 0 saturated carbocycles. The van der Waals surface area contributed by atoms with Crippen molar-refractivity contribution in [3.8, 4) is 0 Å². The second-order valence-electron chi connectivity index (χ2n) is 7.42. The van der Waals surface area contributed by atoms with Crippen LogP contribution in [-0.2, 0) is 14.8 Å². The first-order valence-electron chi connectivity index (χ1n) is 9.86. The number of hydrogen-bond acceptors (Lipinski definition) is 6. The Labute approximate surface area is 189 Å². The summed E-state index contributed by atoms with van der Waals surface area (Å²) in [6.45, 7) is 0.215. The van der Waals surface area contributed by atoms with E-state index >= 15 is 0 Å². The molecule has 1 N–H and O–H groups in total. The van der Waals surface area contributed by atoms with Crippen LogP contribution >= 0.6 is 11.6 Å². The fraction of sp³-hybridized carbons (Fsp3) is 0.238. The highest BCUT2D eigenvalue weighted by Gasteiger charge is 2.34. The van der Waals surface area contributed by atoms with Crippen LogP contribution in [0, 0.1) is 16.0 Å². The minimum atomic E-state index is -4.03. The average Bonchev–Trinajstić information content (AvgIpc) is 2.79. The number of pyridine rings is 1. The third-order valence-corrected chi connectivity index (χ3v) is 7.85. The predicted molar refractivity (Wildman–Crippen MR) is 120 cm³/mol. The number of nitrogens with zero attached hydrogens (tertiary/aromatic N) is 3. The lowest BCUT2D eigenvalue weighted by atomic mass is 9.97. The van der Waals surface area contributed by atoms with E-state index < -0.39 is 14.9 Å². The predicted octanol–water partition coefficient (Wildman–Crippen LogP) is 3.84. The monoisotopic (exact) mass is 474 g/mol. The van der Waals surface area contributed by atoms with Gasteiger partial charge in [-0.15, -0.1) is 0 Å². The number of benzene rings is 2. The van der Waals surface area contributed by atoms with Crippen LogP contribution in [0.4, 0.5) is 11.4 Å². The van der Waals surface area contributed by atoms with Gasteiger partial charge in [0.2, 0.25) is 15.9 Å². The van der Waals surface area contributed by atoms with Gasteiger partial charge in [-0.1, -0.05) is 17.7 Å². The van der Waals surface area contributed by atoms with Gasteiger partial charge in [-0.05, 0) is 43.2 Å². The molecule has 1 saturated heterocycles. The summed E-state index contributed by atoms with van der Waals surface area (Å²) in [6.07, 6.45) is 2.32. The molecular weight excluding hydrogens is 456 g/mol. The number of aromatic nitrogens is 1. The number of sulfonamides is 1. The molecule has 4 rings (SSSR count). The summed E-state index contributed by atoms with van der Waals surface area (Å²) in [5.74, 6) is -0.555. The highest BCUT2D eigenvalue weighted by Crippen LogP contribution is 2.31. The van der Waals surface area contributed by atoms with Gasteiger partial charge in [-0.2, -0.15) is 4.31 Å². The zero-order valence-electron chi connectivity index (χ0n) is 16.8. The molecule has 166 valence electrons. The van der Waals surface area contributed by atoms with Gasteiger partial charge in [0.15, 0.2) is 0 Å². The highest BCUT2D eigenvalue weighted by atomic mass is 35.5. The molecule has 1 amide bonds. The number of hydrogen-bond donors (Lipinski definition) is 1. The molecule has 1 aliphatic rings. The topological polar surface area (TPSA) is 123 Å². The van der Waals surface area contributed by atoms with Crippen molar-refractivity contribution in [2.45, 2.75) is 17.7 Å². The fourth-order valence-corrected chi connectivity index (χ4v) is 5.71. The summed E-state index contributed by atoms with van der Waals surface area (Å²) < 4.78 is 27.2. The second-order valence-corrected chi connectivity index (χ2v) is 9.73. The number of carbonyl (C=O) groups is 1. The summed E-state index contributed by atoms with van der Waals surface area (Å²) in [5.41, 5.74) is 1.06. The smallest absolute Gasteiger partial charge is 0.270 e. The van der Waals surface area contributed by atoms with E-state index in [9.17, 15) is 23.3 Å². The van der Waals surface area contributed by atoms with E-state index in [-0.39, 0.29) is 40.5 Å². The SMILES string of the molecule is O=C(Nc1cccc2ncccc12)C1CCN(S(=O)(=O)c2cc([N+](=O)[O-])ccc2Cl)CC1. The van der Waals surface area contributed by atoms with Gasteiger partial charge in [0.05, 0.1) is 21.2 Å². The second kappa shape index (κ2) is 8.81. The summed E-state index contributed by atoms with van der Waals surface area (Å²) in [7, 11) is -4.03. The van der Waals surface area contributed by atoms with Crippen molar-refractivity contribution in [3.05, 3.63) is 69.9 Å². The van der Waals surface area contributed by atoms with Crippen LogP contribution in [-0.4, -0.2) is 41.6 Å². The van der Waals surface area contributed by atoms with Gasteiger partial charge in [-0.3, -0.25) is 19.9 Å². The number of anilines is 1. The van der Waals surface area contributed by atoms with Crippen LogP contribution in [0.3, 0.4) is 0 Å². The number of fused-ring (bicyclic) bond motifs is 1. The van der Waals surface area contributed by atoms with E-state index in [4.69, 9.17) is 11.6 Å². The maximum atomic E-state index is 13.0. The molecule has 1 aliphatic heterocycles. The van der Waals surface area contributed by atoms with Crippen LogP contribution in [0.25, 0.3) is 10.9 Å². The summed E-state index contributed by atoms with van der Waals surface area (Å²) in [6, 6.07) is 12.4. The Balaban J connectivity index is 1.46. The molecular formula is C21H19ClN4O5S. The van der Waals surface area contributed by atoms with Crippen molar-refractivity contribution in [2.75, 3.05) is 18.4 Å². The van der Waals surface area contributed by atoms with Crippen molar-refractivity contribution in [1.82, 2.24) is 9.29 Å². The fourth-order valence-electron chi connectivity index (χ4n) is 3.75. The van der Waals surface area contributed by atoms with Crippen molar-refractivity contribution in [1.29, 1.82) is 0 Å². The Morgan fingerprint density at radius 1 is 1.16 bits per heavy atom. The normalized spacial score (nSPS) is 15.5. The van der Waals surface area contributed by atoms with E-state index in [1.165, 1.54) is 10.4 Å². The molecule has 9 nitrogen and oxygen atoms in total. The Morgan fingerprint density at radius 2 is 1.91 bits per heavy atom. The summed E-state index contributed by atoms with van der Waals surface area (Å²) in [4.78, 5) is 27.1. The third kappa shape index (κ3) is 4.29. The largest absolute Gasteiger partial charge is 0.325 e. The molecule has 0 radical (unpaired) electrons. The zero-order chi connectivity index (χ0) is 22.9. The van der Waals surface area contributed by atoms with Gasteiger partial charge in [0, 0.05) is 42.7 Å². The molecule has 11 heteroatoms. The van der Waals surface area contributed by atoms with Crippen molar-refractivity contribution >= 4 is 49.8 Å². The van der Waals surface area contributed by atoms with E-state index in [0.717, 1.165) is 23.0 Å². The van der Waals surface area contributed by atoms with Gasteiger partial charge in [0.25, 0.3) is 5.69 Å². The van der Waals surface area contributed by atoms with E-state index in [2.05, 4.69) is 10.3 Å². The lowest BCUT2D eigenvalue weighted by Crippen LogP contribution is -2.41. The molecule has 2 heterocycles. The summed E-state index contributed by atoms with van der Waals surface area (Å²) >= 11 is 6.02. The quantitative estimate of drug-likeness (QED) is 0.442. The van der Waals surface area contributed by atoms with Gasteiger partial charge in [0.1, 0.15) is 4.90 Å².